The van der Waals surface area contributed by atoms with Crippen LogP contribution in [0.4, 0.5) is 16.2 Å². The molecule has 1 heterocycles. The first-order chi connectivity index (χ1) is 12.3. The molecular formula is C16H14ClN3O4S2. The second kappa shape index (κ2) is 7.10. The average Bonchev–Trinajstić information content (AvgIpc) is 2.98. The van der Waals surface area contributed by atoms with Crippen LogP contribution >= 0.6 is 22.9 Å². The first kappa shape index (κ1) is 18.4. The fraction of sp³-hybridized carbons (Fsp3) is 0.125. The molecule has 0 aliphatic rings. The number of halogens is 1. The number of carbonyl (C=O) groups excluding carboxylic acids is 1. The number of carbonyl (C=O) groups is 1. The molecule has 0 aliphatic carbocycles. The molecule has 0 bridgehead atoms. The molecule has 2 N–H and O–H groups in total. The Bertz CT molecular complexity index is 1100. The molecule has 2 aromatic carbocycles. The van der Waals surface area contributed by atoms with Crippen LogP contribution in [0.15, 0.2) is 40.7 Å². The highest BCUT2D eigenvalue weighted by atomic mass is 35.5. The van der Waals surface area contributed by atoms with Crippen LogP contribution in [0.2, 0.25) is 5.02 Å². The van der Waals surface area contributed by atoms with Gasteiger partial charge in [0.15, 0.2) is 0 Å². The summed E-state index contributed by atoms with van der Waals surface area (Å²) < 4.78 is 28.9. The van der Waals surface area contributed by atoms with Crippen molar-refractivity contribution in [1.82, 2.24) is 4.98 Å². The number of amides is 2. The molecule has 2 amide bonds. The molecule has 0 saturated heterocycles. The van der Waals surface area contributed by atoms with Gasteiger partial charge in [0.2, 0.25) is 14.2 Å². The predicted octanol–water partition coefficient (Wildman–Crippen LogP) is 4.01. The second-order valence-corrected chi connectivity index (χ2v) is 8.99. The fourth-order valence-corrected chi connectivity index (χ4v) is 4.31. The molecule has 3 rings (SSSR count). The number of anilines is 2. The standard InChI is InChI=1S/C16H14ClN3O4S2/c1-24-13-6-4-9(7-11(13)17)18-15(21)19-10-3-5-12-14(8-10)25-16(20-12)26(2,22)23/h3-8H,1-2H3,(H2,18,19,21). The molecule has 0 saturated carbocycles. The number of fused-ring (bicyclic) bond motifs is 1. The summed E-state index contributed by atoms with van der Waals surface area (Å²) >= 11 is 7.08. The van der Waals surface area contributed by atoms with Crippen molar-refractivity contribution in [2.45, 2.75) is 4.34 Å². The van der Waals surface area contributed by atoms with Gasteiger partial charge in [0, 0.05) is 17.6 Å². The van der Waals surface area contributed by atoms with Crippen LogP contribution in [0, 0.1) is 0 Å². The Morgan fingerprint density at radius 3 is 2.42 bits per heavy atom. The third-order valence-corrected chi connectivity index (χ3v) is 6.35. The van der Waals surface area contributed by atoms with E-state index < -0.39 is 15.9 Å². The van der Waals surface area contributed by atoms with Crippen molar-refractivity contribution in [2.24, 2.45) is 0 Å². The number of thiazole rings is 1. The van der Waals surface area contributed by atoms with Crippen molar-refractivity contribution >= 4 is 60.4 Å². The molecule has 0 aliphatic heterocycles. The Labute approximate surface area is 158 Å². The van der Waals surface area contributed by atoms with Gasteiger partial charge < -0.3 is 15.4 Å². The molecule has 0 atom stereocenters. The minimum absolute atomic E-state index is 0.0435. The smallest absolute Gasteiger partial charge is 0.323 e. The zero-order valence-electron chi connectivity index (χ0n) is 13.7. The van der Waals surface area contributed by atoms with Crippen molar-refractivity contribution in [3.05, 3.63) is 41.4 Å². The van der Waals surface area contributed by atoms with Crippen LogP contribution in [0.1, 0.15) is 0 Å². The fourth-order valence-electron chi connectivity index (χ4n) is 2.18. The van der Waals surface area contributed by atoms with Crippen LogP contribution in [-0.4, -0.2) is 32.8 Å². The van der Waals surface area contributed by atoms with E-state index in [1.54, 1.807) is 36.4 Å². The molecule has 0 fully saturated rings. The van der Waals surface area contributed by atoms with Crippen molar-refractivity contribution in [2.75, 3.05) is 24.0 Å². The monoisotopic (exact) mass is 411 g/mol. The third-order valence-electron chi connectivity index (χ3n) is 3.35. The number of rotatable bonds is 4. The van der Waals surface area contributed by atoms with Crippen molar-refractivity contribution < 1.29 is 17.9 Å². The van der Waals surface area contributed by atoms with Gasteiger partial charge in [0.1, 0.15) is 5.75 Å². The Morgan fingerprint density at radius 2 is 1.81 bits per heavy atom. The number of urea groups is 1. The van der Waals surface area contributed by atoms with E-state index in [0.29, 0.717) is 32.4 Å². The van der Waals surface area contributed by atoms with Crippen molar-refractivity contribution in [3.8, 4) is 5.75 Å². The summed E-state index contributed by atoms with van der Waals surface area (Å²) in [6, 6.07) is 9.39. The zero-order chi connectivity index (χ0) is 18.9. The number of benzene rings is 2. The second-order valence-electron chi connectivity index (χ2n) is 5.36. The maximum atomic E-state index is 12.1. The Kier molecular flexibility index (Phi) is 5.03. The van der Waals surface area contributed by atoms with E-state index in [9.17, 15) is 13.2 Å². The van der Waals surface area contributed by atoms with Gasteiger partial charge in [-0.05, 0) is 36.4 Å². The van der Waals surface area contributed by atoms with E-state index >= 15 is 0 Å². The van der Waals surface area contributed by atoms with E-state index in [4.69, 9.17) is 16.3 Å². The molecule has 7 nitrogen and oxygen atoms in total. The number of hydrogen-bond donors (Lipinski definition) is 2. The van der Waals surface area contributed by atoms with Gasteiger partial charge in [-0.2, -0.15) is 0 Å². The van der Waals surface area contributed by atoms with E-state index in [-0.39, 0.29) is 4.34 Å². The molecule has 0 spiro atoms. The van der Waals surface area contributed by atoms with Gasteiger partial charge in [0.25, 0.3) is 0 Å². The largest absolute Gasteiger partial charge is 0.495 e. The van der Waals surface area contributed by atoms with Crippen molar-refractivity contribution in [1.29, 1.82) is 0 Å². The van der Waals surface area contributed by atoms with Gasteiger partial charge in [0.05, 0.1) is 22.3 Å². The summed E-state index contributed by atoms with van der Waals surface area (Å²) in [5, 5.41) is 5.72. The zero-order valence-corrected chi connectivity index (χ0v) is 16.1. The minimum Gasteiger partial charge on any atom is -0.495 e. The number of methoxy groups -OCH3 is 1. The highest BCUT2D eigenvalue weighted by Gasteiger charge is 2.14. The summed E-state index contributed by atoms with van der Waals surface area (Å²) in [5.41, 5.74) is 1.58. The molecule has 1 aromatic heterocycles. The van der Waals surface area contributed by atoms with E-state index in [1.165, 1.54) is 7.11 Å². The topological polar surface area (TPSA) is 97.4 Å². The highest BCUT2D eigenvalue weighted by Crippen LogP contribution is 2.29. The lowest BCUT2D eigenvalue weighted by molar-refractivity contribution is 0.262. The molecular weight excluding hydrogens is 398 g/mol. The number of aromatic nitrogens is 1. The van der Waals surface area contributed by atoms with Gasteiger partial charge >= 0.3 is 6.03 Å². The SMILES string of the molecule is COc1ccc(NC(=O)Nc2ccc3nc(S(C)(=O)=O)sc3c2)cc1Cl. The van der Waals surface area contributed by atoms with Crippen LogP contribution in [0.25, 0.3) is 10.2 Å². The number of sulfone groups is 1. The van der Waals surface area contributed by atoms with Crippen LogP contribution in [-0.2, 0) is 9.84 Å². The summed E-state index contributed by atoms with van der Waals surface area (Å²) in [7, 11) is -1.86. The highest BCUT2D eigenvalue weighted by molar-refractivity contribution is 7.92. The van der Waals surface area contributed by atoms with Gasteiger partial charge in [-0.15, -0.1) is 11.3 Å². The summed E-state index contributed by atoms with van der Waals surface area (Å²) in [6.45, 7) is 0. The van der Waals surface area contributed by atoms with E-state index in [2.05, 4.69) is 15.6 Å². The lowest BCUT2D eigenvalue weighted by atomic mass is 10.3. The quantitative estimate of drug-likeness (QED) is 0.676. The predicted molar refractivity (Wildman–Crippen MR) is 103 cm³/mol. The normalized spacial score (nSPS) is 11.3. The average molecular weight is 412 g/mol. The first-order valence-corrected chi connectivity index (χ1v) is 10.4. The van der Waals surface area contributed by atoms with E-state index in [0.717, 1.165) is 17.6 Å². The number of nitrogens with zero attached hydrogens (tertiary/aromatic N) is 1. The number of nitrogens with one attached hydrogen (secondary N) is 2. The van der Waals surface area contributed by atoms with Gasteiger partial charge in [-0.1, -0.05) is 11.6 Å². The number of hydrogen-bond acceptors (Lipinski definition) is 6. The first-order valence-electron chi connectivity index (χ1n) is 7.28. The lowest BCUT2D eigenvalue weighted by Gasteiger charge is -2.09. The Balaban J connectivity index is 1.75. The summed E-state index contributed by atoms with van der Waals surface area (Å²) in [5.74, 6) is 0.509. The maximum absolute atomic E-state index is 12.1. The Hall–Kier alpha value is -2.36. The van der Waals surface area contributed by atoms with Crippen LogP contribution < -0.4 is 15.4 Å². The van der Waals surface area contributed by atoms with E-state index in [1.807, 2.05) is 0 Å². The molecule has 0 radical (unpaired) electrons. The molecule has 0 unspecified atom stereocenters. The summed E-state index contributed by atoms with van der Waals surface area (Å²) in [6.07, 6.45) is 1.11. The molecule has 136 valence electrons. The minimum atomic E-state index is -3.37. The van der Waals surface area contributed by atoms with Gasteiger partial charge in [-0.25, -0.2) is 18.2 Å². The number of ether oxygens (including phenoxy) is 1. The molecule has 26 heavy (non-hydrogen) atoms. The van der Waals surface area contributed by atoms with Crippen molar-refractivity contribution in [3.63, 3.8) is 0 Å². The maximum Gasteiger partial charge on any atom is 0.323 e. The molecule has 10 heteroatoms. The van der Waals surface area contributed by atoms with Crippen LogP contribution in [0.3, 0.4) is 0 Å². The van der Waals surface area contributed by atoms with Crippen LogP contribution in [0.5, 0.6) is 5.75 Å². The molecule has 3 aromatic rings. The lowest BCUT2D eigenvalue weighted by Crippen LogP contribution is -2.19. The third kappa shape index (κ3) is 4.06. The summed E-state index contributed by atoms with van der Waals surface area (Å²) in [4.78, 5) is 16.2. The van der Waals surface area contributed by atoms with Gasteiger partial charge in [-0.3, -0.25) is 0 Å². The Morgan fingerprint density at radius 1 is 1.15 bits per heavy atom.